The first-order chi connectivity index (χ1) is 13.5. The van der Waals surface area contributed by atoms with Gasteiger partial charge in [0.25, 0.3) is 5.91 Å². The maximum absolute atomic E-state index is 14.0. The van der Waals surface area contributed by atoms with Crippen LogP contribution in [-0.4, -0.2) is 32.6 Å². The van der Waals surface area contributed by atoms with Crippen LogP contribution >= 0.6 is 0 Å². The summed E-state index contributed by atoms with van der Waals surface area (Å²) in [5, 5.41) is 5.06. The van der Waals surface area contributed by atoms with E-state index in [4.69, 9.17) is 0 Å². The van der Waals surface area contributed by atoms with Crippen LogP contribution in [0.5, 0.6) is 0 Å². The molecule has 0 N–H and O–H groups in total. The van der Waals surface area contributed by atoms with Gasteiger partial charge in [0.15, 0.2) is 0 Å². The van der Waals surface area contributed by atoms with Crippen molar-refractivity contribution in [1.82, 2.24) is 19.7 Å². The van der Waals surface area contributed by atoms with Gasteiger partial charge in [-0.2, -0.15) is 5.10 Å². The van der Waals surface area contributed by atoms with Crippen LogP contribution in [0.1, 0.15) is 21.6 Å². The minimum Gasteiger partial charge on any atom is -0.336 e. The van der Waals surface area contributed by atoms with E-state index in [2.05, 4.69) is 10.1 Å². The summed E-state index contributed by atoms with van der Waals surface area (Å²) in [6.07, 6.45) is 3.64. The second-order valence-electron chi connectivity index (χ2n) is 6.75. The molecule has 6 heteroatoms. The maximum Gasteiger partial charge on any atom is 0.272 e. The van der Waals surface area contributed by atoms with E-state index in [0.717, 1.165) is 16.8 Å². The van der Waals surface area contributed by atoms with E-state index in [-0.39, 0.29) is 17.1 Å². The lowest BCUT2D eigenvalue weighted by molar-refractivity contribution is 0.0779. The smallest absolute Gasteiger partial charge is 0.272 e. The molecule has 0 aliphatic rings. The molecule has 0 radical (unpaired) electrons. The minimum atomic E-state index is -0.436. The molecule has 4 rings (SSSR count). The summed E-state index contributed by atoms with van der Waals surface area (Å²) in [5.41, 5.74) is 3.42. The zero-order chi connectivity index (χ0) is 19.7. The number of fused-ring (bicyclic) bond motifs is 1. The Labute approximate surface area is 162 Å². The van der Waals surface area contributed by atoms with E-state index in [1.165, 1.54) is 6.07 Å². The highest BCUT2D eigenvalue weighted by Gasteiger charge is 2.16. The molecular formula is C22H19FN4O. The maximum atomic E-state index is 14.0. The Morgan fingerprint density at radius 1 is 1.11 bits per heavy atom. The predicted octanol–water partition coefficient (Wildman–Crippen LogP) is 4.14. The van der Waals surface area contributed by atoms with Crippen molar-refractivity contribution in [1.29, 1.82) is 0 Å². The molecule has 5 nitrogen and oxygen atoms in total. The number of aromatic nitrogens is 3. The topological polar surface area (TPSA) is 51.0 Å². The standard InChI is InChI=1S/C22H19FN4O/c1-15-6-3-4-9-20(15)27-14-16(12-24-27)13-26(2)22(28)19-11-10-17-7-5-8-18(23)21(17)25-19/h3-12,14H,13H2,1-2H3. The number of aryl methyl sites for hydroxylation is 1. The summed E-state index contributed by atoms with van der Waals surface area (Å²) in [7, 11) is 1.70. The van der Waals surface area contributed by atoms with E-state index in [9.17, 15) is 9.18 Å². The highest BCUT2D eigenvalue weighted by Crippen LogP contribution is 2.18. The van der Waals surface area contributed by atoms with Gasteiger partial charge >= 0.3 is 0 Å². The van der Waals surface area contributed by atoms with Crippen LogP contribution in [0.25, 0.3) is 16.6 Å². The third-order valence-electron chi connectivity index (χ3n) is 4.65. The molecule has 0 saturated carbocycles. The normalized spacial score (nSPS) is 11.0. The molecule has 0 fully saturated rings. The second-order valence-corrected chi connectivity index (χ2v) is 6.75. The number of carbonyl (C=O) groups is 1. The van der Waals surface area contributed by atoms with Crippen molar-refractivity contribution in [2.45, 2.75) is 13.5 Å². The van der Waals surface area contributed by atoms with Gasteiger partial charge in [-0.1, -0.05) is 36.4 Å². The van der Waals surface area contributed by atoms with E-state index in [1.54, 1.807) is 47.1 Å². The van der Waals surface area contributed by atoms with Crippen LogP contribution < -0.4 is 0 Å². The van der Waals surface area contributed by atoms with E-state index in [1.807, 2.05) is 37.4 Å². The van der Waals surface area contributed by atoms with Gasteiger partial charge in [-0.05, 0) is 30.7 Å². The van der Waals surface area contributed by atoms with Crippen molar-refractivity contribution < 1.29 is 9.18 Å². The Kier molecular flexibility index (Phi) is 4.61. The molecule has 0 bridgehead atoms. The Morgan fingerprint density at radius 2 is 1.93 bits per heavy atom. The van der Waals surface area contributed by atoms with Crippen LogP contribution in [0, 0.1) is 12.7 Å². The van der Waals surface area contributed by atoms with Crippen molar-refractivity contribution in [3.63, 3.8) is 0 Å². The quantitative estimate of drug-likeness (QED) is 0.539. The fourth-order valence-electron chi connectivity index (χ4n) is 3.17. The first-order valence-electron chi connectivity index (χ1n) is 8.93. The molecule has 0 saturated heterocycles. The van der Waals surface area contributed by atoms with Crippen molar-refractivity contribution in [2.24, 2.45) is 0 Å². The fraction of sp³-hybridized carbons (Fsp3) is 0.136. The molecule has 140 valence electrons. The molecule has 2 aromatic heterocycles. The average Bonchev–Trinajstić information content (AvgIpc) is 3.16. The van der Waals surface area contributed by atoms with Gasteiger partial charge in [-0.25, -0.2) is 14.1 Å². The van der Waals surface area contributed by atoms with Crippen LogP contribution in [0.15, 0.2) is 67.0 Å². The van der Waals surface area contributed by atoms with Crippen LogP contribution in [0.3, 0.4) is 0 Å². The van der Waals surface area contributed by atoms with Gasteiger partial charge in [-0.15, -0.1) is 0 Å². The molecule has 0 unspecified atom stereocenters. The van der Waals surface area contributed by atoms with Crippen LogP contribution in [0.2, 0.25) is 0 Å². The summed E-state index contributed by atoms with van der Waals surface area (Å²) < 4.78 is 15.8. The lowest BCUT2D eigenvalue weighted by Crippen LogP contribution is -2.26. The van der Waals surface area contributed by atoms with Gasteiger partial charge < -0.3 is 4.90 Å². The van der Waals surface area contributed by atoms with Crippen molar-refractivity contribution in [3.05, 3.63) is 89.6 Å². The minimum absolute atomic E-state index is 0.203. The SMILES string of the molecule is Cc1ccccc1-n1cc(CN(C)C(=O)c2ccc3cccc(F)c3n2)cn1. The van der Waals surface area contributed by atoms with Crippen molar-refractivity contribution in [3.8, 4) is 5.69 Å². The van der Waals surface area contributed by atoms with Crippen LogP contribution in [-0.2, 0) is 6.54 Å². The van der Waals surface area contributed by atoms with Gasteiger partial charge in [0.1, 0.15) is 17.0 Å². The van der Waals surface area contributed by atoms with Gasteiger partial charge in [0, 0.05) is 30.7 Å². The summed E-state index contributed by atoms with van der Waals surface area (Å²) in [6, 6.07) is 16.0. The average molecular weight is 374 g/mol. The highest BCUT2D eigenvalue weighted by molar-refractivity contribution is 5.94. The summed E-state index contributed by atoms with van der Waals surface area (Å²) in [4.78, 5) is 18.5. The Morgan fingerprint density at radius 3 is 2.75 bits per heavy atom. The molecule has 2 aromatic carbocycles. The number of pyridine rings is 1. The highest BCUT2D eigenvalue weighted by atomic mass is 19.1. The molecule has 0 spiro atoms. The van der Waals surface area contributed by atoms with Crippen molar-refractivity contribution >= 4 is 16.8 Å². The van der Waals surface area contributed by atoms with E-state index < -0.39 is 5.82 Å². The Bertz CT molecular complexity index is 1170. The Hall–Kier alpha value is -3.54. The first kappa shape index (κ1) is 17.9. The number of hydrogen-bond donors (Lipinski definition) is 0. The number of para-hydroxylation sites is 2. The number of amides is 1. The number of rotatable bonds is 4. The lowest BCUT2D eigenvalue weighted by Gasteiger charge is -2.16. The molecular weight excluding hydrogens is 355 g/mol. The summed E-state index contributed by atoms with van der Waals surface area (Å²) >= 11 is 0. The monoisotopic (exact) mass is 374 g/mol. The molecule has 2 heterocycles. The van der Waals surface area contributed by atoms with Gasteiger partial charge in [0.2, 0.25) is 0 Å². The molecule has 1 amide bonds. The number of benzene rings is 2. The third kappa shape index (κ3) is 3.36. The predicted molar refractivity (Wildman–Crippen MR) is 106 cm³/mol. The lowest BCUT2D eigenvalue weighted by atomic mass is 10.2. The second kappa shape index (κ2) is 7.23. The molecule has 0 atom stereocenters. The third-order valence-corrected chi connectivity index (χ3v) is 4.65. The number of hydrogen-bond acceptors (Lipinski definition) is 3. The van der Waals surface area contributed by atoms with Crippen LogP contribution in [0.4, 0.5) is 4.39 Å². The Balaban J connectivity index is 1.54. The van der Waals surface area contributed by atoms with E-state index in [0.29, 0.717) is 11.9 Å². The van der Waals surface area contributed by atoms with Crippen molar-refractivity contribution in [2.75, 3.05) is 7.05 Å². The largest absolute Gasteiger partial charge is 0.336 e. The fourth-order valence-corrected chi connectivity index (χ4v) is 3.17. The first-order valence-corrected chi connectivity index (χ1v) is 8.93. The van der Waals surface area contributed by atoms with Gasteiger partial charge in [-0.3, -0.25) is 4.79 Å². The summed E-state index contributed by atoms with van der Waals surface area (Å²) in [5.74, 6) is -0.705. The zero-order valence-corrected chi connectivity index (χ0v) is 15.6. The zero-order valence-electron chi connectivity index (χ0n) is 15.6. The number of carbonyl (C=O) groups excluding carboxylic acids is 1. The van der Waals surface area contributed by atoms with E-state index >= 15 is 0 Å². The van der Waals surface area contributed by atoms with Gasteiger partial charge in [0.05, 0.1) is 11.9 Å². The summed E-state index contributed by atoms with van der Waals surface area (Å²) in [6.45, 7) is 2.40. The number of halogens is 1. The molecule has 0 aliphatic heterocycles. The molecule has 28 heavy (non-hydrogen) atoms. The number of nitrogens with zero attached hydrogens (tertiary/aromatic N) is 4. The molecule has 0 aliphatic carbocycles. The molecule has 4 aromatic rings.